The van der Waals surface area contributed by atoms with Crippen molar-refractivity contribution in [2.24, 2.45) is 0 Å². The molecule has 2 N–H and O–H groups in total. The number of nitrogens with zero attached hydrogens (tertiary/aromatic N) is 3. The first kappa shape index (κ1) is 11.0. The van der Waals surface area contributed by atoms with Crippen molar-refractivity contribution in [2.45, 2.75) is 20.0 Å². The second kappa shape index (κ2) is 3.96. The van der Waals surface area contributed by atoms with Gasteiger partial charge in [0.05, 0.1) is 29.0 Å². The molecule has 0 radical (unpaired) electrons. The average Bonchev–Trinajstić information content (AvgIpc) is 2.91. The molecule has 3 rings (SSSR count). The number of imidazole rings is 1. The summed E-state index contributed by atoms with van der Waals surface area (Å²) in [6.07, 6.45) is 1.15. The summed E-state index contributed by atoms with van der Waals surface area (Å²) in [7, 11) is 0. The number of benzene rings is 1. The second-order valence-corrected chi connectivity index (χ2v) is 4.35. The van der Waals surface area contributed by atoms with Crippen LogP contribution in [0.2, 0.25) is 0 Å². The molecular formula is C13H14N4O. The van der Waals surface area contributed by atoms with Crippen LogP contribution in [0.25, 0.3) is 17.0 Å². The van der Waals surface area contributed by atoms with Crippen LogP contribution < -0.4 is 0 Å². The zero-order valence-electron chi connectivity index (χ0n) is 10.3. The van der Waals surface area contributed by atoms with Gasteiger partial charge in [-0.1, -0.05) is 12.1 Å². The third-order valence-electron chi connectivity index (χ3n) is 3.08. The van der Waals surface area contributed by atoms with Crippen molar-refractivity contribution in [1.82, 2.24) is 19.7 Å². The van der Waals surface area contributed by atoms with E-state index in [2.05, 4.69) is 15.1 Å². The molecule has 0 bridgehead atoms. The van der Waals surface area contributed by atoms with Crippen molar-refractivity contribution in [3.05, 3.63) is 41.7 Å². The zero-order valence-corrected chi connectivity index (χ0v) is 10.3. The summed E-state index contributed by atoms with van der Waals surface area (Å²) in [6.45, 7) is 3.65. The van der Waals surface area contributed by atoms with Crippen molar-refractivity contribution in [3.8, 4) is 5.95 Å². The standard InChI is InChI=1S/C13H14N4O/c1-8-10(9(2)18)7-14-17(8)13-15-11-5-3-4-6-12(11)16-13/h3-7,9,18H,1-2H3,(H,15,16). The molecule has 5 nitrogen and oxygen atoms in total. The van der Waals surface area contributed by atoms with Crippen molar-refractivity contribution >= 4 is 11.0 Å². The lowest BCUT2D eigenvalue weighted by Crippen LogP contribution is -2.02. The number of hydrogen-bond acceptors (Lipinski definition) is 3. The molecule has 0 fully saturated rings. The number of hydrogen-bond donors (Lipinski definition) is 2. The molecule has 5 heteroatoms. The Morgan fingerprint density at radius 3 is 2.78 bits per heavy atom. The van der Waals surface area contributed by atoms with E-state index >= 15 is 0 Å². The van der Waals surface area contributed by atoms with Gasteiger partial charge in [-0.3, -0.25) is 0 Å². The number of nitrogens with one attached hydrogen (secondary N) is 1. The lowest BCUT2D eigenvalue weighted by molar-refractivity contribution is 0.198. The number of H-pyrrole nitrogens is 1. The van der Waals surface area contributed by atoms with Gasteiger partial charge in [0.1, 0.15) is 0 Å². The second-order valence-electron chi connectivity index (χ2n) is 4.35. The predicted molar refractivity (Wildman–Crippen MR) is 68.6 cm³/mol. The highest BCUT2D eigenvalue weighted by molar-refractivity contribution is 5.75. The quantitative estimate of drug-likeness (QED) is 0.723. The summed E-state index contributed by atoms with van der Waals surface area (Å²) in [5.41, 5.74) is 3.58. The number of fused-ring (bicyclic) bond motifs is 1. The van der Waals surface area contributed by atoms with E-state index in [4.69, 9.17) is 0 Å². The van der Waals surface area contributed by atoms with Crippen molar-refractivity contribution in [2.75, 3.05) is 0 Å². The largest absolute Gasteiger partial charge is 0.389 e. The third kappa shape index (κ3) is 1.60. The molecule has 1 atom stereocenters. The Morgan fingerprint density at radius 1 is 1.33 bits per heavy atom. The van der Waals surface area contributed by atoms with E-state index in [0.717, 1.165) is 22.3 Å². The molecule has 18 heavy (non-hydrogen) atoms. The van der Waals surface area contributed by atoms with Gasteiger partial charge in [-0.15, -0.1) is 0 Å². The van der Waals surface area contributed by atoms with Crippen LogP contribution in [0.1, 0.15) is 24.3 Å². The number of aromatic nitrogens is 4. The van der Waals surface area contributed by atoms with Gasteiger partial charge in [0.2, 0.25) is 5.95 Å². The number of aliphatic hydroxyl groups is 1. The fourth-order valence-corrected chi connectivity index (χ4v) is 2.09. The van der Waals surface area contributed by atoms with E-state index in [1.165, 1.54) is 0 Å². The minimum atomic E-state index is -0.525. The molecule has 0 aliphatic rings. The molecule has 0 saturated carbocycles. The summed E-state index contributed by atoms with van der Waals surface area (Å²) in [5, 5.41) is 13.9. The van der Waals surface area contributed by atoms with Gasteiger partial charge in [0.15, 0.2) is 0 Å². The summed E-state index contributed by atoms with van der Waals surface area (Å²) >= 11 is 0. The van der Waals surface area contributed by atoms with Crippen LogP contribution in [0.3, 0.4) is 0 Å². The molecule has 2 aromatic heterocycles. The van der Waals surface area contributed by atoms with Gasteiger partial charge in [0.25, 0.3) is 0 Å². The molecule has 2 heterocycles. The molecule has 0 aliphatic carbocycles. The van der Waals surface area contributed by atoms with Gasteiger partial charge in [0, 0.05) is 5.56 Å². The fraction of sp³-hybridized carbons (Fsp3) is 0.231. The van der Waals surface area contributed by atoms with Crippen LogP contribution in [0.4, 0.5) is 0 Å². The fourth-order valence-electron chi connectivity index (χ4n) is 2.09. The maximum Gasteiger partial charge on any atom is 0.229 e. The first-order chi connectivity index (χ1) is 8.66. The Balaban J connectivity index is 2.14. The van der Waals surface area contributed by atoms with E-state index in [9.17, 15) is 5.11 Å². The summed E-state index contributed by atoms with van der Waals surface area (Å²) in [6, 6.07) is 7.83. The first-order valence-corrected chi connectivity index (χ1v) is 5.84. The van der Waals surface area contributed by atoms with Crippen LogP contribution in [-0.4, -0.2) is 24.9 Å². The van der Waals surface area contributed by atoms with Crippen molar-refractivity contribution < 1.29 is 5.11 Å². The van der Waals surface area contributed by atoms with Gasteiger partial charge in [-0.25, -0.2) is 9.67 Å². The minimum absolute atomic E-state index is 0.525. The maximum absolute atomic E-state index is 9.62. The van der Waals surface area contributed by atoms with Crippen molar-refractivity contribution in [3.63, 3.8) is 0 Å². The highest BCUT2D eigenvalue weighted by Gasteiger charge is 2.14. The van der Waals surface area contributed by atoms with Gasteiger partial charge >= 0.3 is 0 Å². The number of para-hydroxylation sites is 2. The molecule has 0 saturated heterocycles. The summed E-state index contributed by atoms with van der Waals surface area (Å²) in [4.78, 5) is 7.69. The van der Waals surface area contributed by atoms with E-state index in [1.54, 1.807) is 17.8 Å². The first-order valence-electron chi connectivity index (χ1n) is 5.84. The highest BCUT2D eigenvalue weighted by atomic mass is 16.3. The Morgan fingerprint density at radius 2 is 2.11 bits per heavy atom. The molecular weight excluding hydrogens is 228 g/mol. The van der Waals surface area contributed by atoms with E-state index in [-0.39, 0.29) is 0 Å². The van der Waals surface area contributed by atoms with Crippen LogP contribution in [0.15, 0.2) is 30.5 Å². The molecule has 0 aliphatic heterocycles. The smallest absolute Gasteiger partial charge is 0.229 e. The number of rotatable bonds is 2. The molecule has 92 valence electrons. The lowest BCUT2D eigenvalue weighted by Gasteiger charge is -2.03. The Labute approximate surface area is 104 Å². The Kier molecular flexibility index (Phi) is 2.41. The predicted octanol–water partition coefficient (Wildman–Crippen LogP) is 2.11. The number of aromatic amines is 1. The van der Waals surface area contributed by atoms with Crippen LogP contribution in [0, 0.1) is 6.92 Å². The van der Waals surface area contributed by atoms with Gasteiger partial charge in [-0.05, 0) is 26.0 Å². The van der Waals surface area contributed by atoms with Gasteiger partial charge < -0.3 is 10.1 Å². The van der Waals surface area contributed by atoms with E-state index in [0.29, 0.717) is 5.95 Å². The molecule has 0 spiro atoms. The van der Waals surface area contributed by atoms with Crippen molar-refractivity contribution in [1.29, 1.82) is 0 Å². The van der Waals surface area contributed by atoms with E-state index in [1.807, 2.05) is 31.2 Å². The summed E-state index contributed by atoms with van der Waals surface area (Å²) in [5.74, 6) is 0.667. The van der Waals surface area contributed by atoms with E-state index < -0.39 is 6.10 Å². The third-order valence-corrected chi connectivity index (χ3v) is 3.08. The summed E-state index contributed by atoms with van der Waals surface area (Å²) < 4.78 is 1.71. The zero-order chi connectivity index (χ0) is 12.7. The SMILES string of the molecule is Cc1c(C(C)O)cnn1-c1nc2ccccc2[nH]1. The molecule has 3 aromatic rings. The van der Waals surface area contributed by atoms with Crippen LogP contribution in [-0.2, 0) is 0 Å². The topological polar surface area (TPSA) is 66.7 Å². The van der Waals surface area contributed by atoms with Gasteiger partial charge in [-0.2, -0.15) is 5.10 Å². The normalized spacial score (nSPS) is 13.1. The Hall–Kier alpha value is -2.14. The number of aliphatic hydroxyl groups excluding tert-OH is 1. The van der Waals surface area contributed by atoms with Crippen LogP contribution >= 0.6 is 0 Å². The lowest BCUT2D eigenvalue weighted by atomic mass is 10.2. The Bertz CT molecular complexity index is 663. The van der Waals surface area contributed by atoms with Crippen LogP contribution in [0.5, 0.6) is 0 Å². The molecule has 1 unspecified atom stereocenters. The average molecular weight is 242 g/mol. The monoisotopic (exact) mass is 242 g/mol. The maximum atomic E-state index is 9.62. The minimum Gasteiger partial charge on any atom is -0.389 e. The molecule has 0 amide bonds. The molecule has 1 aromatic carbocycles. The highest BCUT2D eigenvalue weighted by Crippen LogP contribution is 2.20.